The van der Waals surface area contributed by atoms with Gasteiger partial charge in [-0.05, 0) is 17.5 Å². The number of primary amides is 1. The van der Waals surface area contributed by atoms with Crippen LogP contribution >= 0.6 is 0 Å². The number of carbonyl (C=O) groups excluding carboxylic acids is 1. The Kier molecular flexibility index (Phi) is 4.45. The predicted octanol–water partition coefficient (Wildman–Crippen LogP) is 0.615. The highest BCUT2D eigenvalue weighted by Gasteiger charge is 2.25. The zero-order chi connectivity index (χ0) is 16.4. The standard InChI is InChI=1S/C17H21N3O3/c1-19-15-5-3-2-4-12(15)8-13(17(19)22)10-20-6-7-23-11-14(20)9-16(18)21/h2-5,8,14H,6-7,9-11H2,1H3,(H2,18,21). The van der Waals surface area contributed by atoms with E-state index < -0.39 is 0 Å². The summed E-state index contributed by atoms with van der Waals surface area (Å²) in [4.78, 5) is 25.9. The van der Waals surface area contributed by atoms with Crippen molar-refractivity contribution in [2.75, 3.05) is 19.8 Å². The van der Waals surface area contributed by atoms with Crippen LogP contribution in [0.25, 0.3) is 10.9 Å². The quantitative estimate of drug-likeness (QED) is 0.897. The molecule has 1 aliphatic heterocycles. The van der Waals surface area contributed by atoms with Crippen LogP contribution in [0.3, 0.4) is 0 Å². The molecule has 0 spiro atoms. The minimum Gasteiger partial charge on any atom is -0.378 e. The van der Waals surface area contributed by atoms with Crippen molar-refractivity contribution in [3.05, 3.63) is 46.2 Å². The SMILES string of the molecule is Cn1c(=O)c(CN2CCOCC2CC(N)=O)cc2ccccc21. The summed E-state index contributed by atoms with van der Waals surface area (Å²) in [6, 6.07) is 9.68. The third-order valence-electron chi connectivity index (χ3n) is 4.37. The van der Waals surface area contributed by atoms with Crippen molar-refractivity contribution in [2.24, 2.45) is 12.8 Å². The van der Waals surface area contributed by atoms with E-state index in [9.17, 15) is 9.59 Å². The second-order valence-corrected chi connectivity index (χ2v) is 5.96. The first-order valence-corrected chi connectivity index (χ1v) is 7.74. The molecule has 6 nitrogen and oxygen atoms in total. The number of aromatic nitrogens is 1. The number of morpholine rings is 1. The third kappa shape index (κ3) is 3.28. The van der Waals surface area contributed by atoms with Gasteiger partial charge in [-0.3, -0.25) is 14.5 Å². The van der Waals surface area contributed by atoms with E-state index in [0.29, 0.717) is 26.3 Å². The maximum atomic E-state index is 12.6. The molecular formula is C17H21N3O3. The second kappa shape index (κ2) is 6.52. The maximum absolute atomic E-state index is 12.6. The van der Waals surface area contributed by atoms with Gasteiger partial charge in [-0.15, -0.1) is 0 Å². The molecule has 0 radical (unpaired) electrons. The predicted molar refractivity (Wildman–Crippen MR) is 88.0 cm³/mol. The van der Waals surface area contributed by atoms with Crippen molar-refractivity contribution in [3.63, 3.8) is 0 Å². The Morgan fingerprint density at radius 3 is 2.96 bits per heavy atom. The Morgan fingerprint density at radius 1 is 1.39 bits per heavy atom. The lowest BCUT2D eigenvalue weighted by Crippen LogP contribution is -2.47. The minimum absolute atomic E-state index is 0.00647. The zero-order valence-electron chi connectivity index (χ0n) is 13.2. The molecule has 1 aromatic heterocycles. The van der Waals surface area contributed by atoms with Gasteiger partial charge in [-0.25, -0.2) is 0 Å². The summed E-state index contributed by atoms with van der Waals surface area (Å²) < 4.78 is 7.12. The van der Waals surface area contributed by atoms with Gasteiger partial charge in [0.2, 0.25) is 5.91 Å². The fourth-order valence-electron chi connectivity index (χ4n) is 3.14. The van der Waals surface area contributed by atoms with Crippen LogP contribution in [0.2, 0.25) is 0 Å². The summed E-state index contributed by atoms with van der Waals surface area (Å²) >= 11 is 0. The lowest BCUT2D eigenvalue weighted by molar-refractivity contribution is -0.121. The summed E-state index contributed by atoms with van der Waals surface area (Å²) in [5.41, 5.74) is 6.95. The first-order valence-electron chi connectivity index (χ1n) is 7.74. The van der Waals surface area contributed by atoms with Gasteiger partial charge in [0.15, 0.2) is 0 Å². The highest BCUT2D eigenvalue weighted by Crippen LogP contribution is 2.17. The van der Waals surface area contributed by atoms with Gasteiger partial charge in [0, 0.05) is 38.2 Å². The van der Waals surface area contributed by atoms with Crippen LogP contribution in [0.4, 0.5) is 0 Å². The Balaban J connectivity index is 1.92. The number of hydrogen-bond acceptors (Lipinski definition) is 4. The van der Waals surface area contributed by atoms with E-state index >= 15 is 0 Å². The van der Waals surface area contributed by atoms with Gasteiger partial charge in [0.05, 0.1) is 18.7 Å². The number of ether oxygens (including phenoxy) is 1. The fourth-order valence-corrected chi connectivity index (χ4v) is 3.14. The Morgan fingerprint density at radius 2 is 2.17 bits per heavy atom. The van der Waals surface area contributed by atoms with E-state index in [4.69, 9.17) is 10.5 Å². The van der Waals surface area contributed by atoms with Crippen molar-refractivity contribution in [3.8, 4) is 0 Å². The second-order valence-electron chi connectivity index (χ2n) is 5.96. The van der Waals surface area contributed by atoms with Crippen molar-refractivity contribution in [1.29, 1.82) is 0 Å². The van der Waals surface area contributed by atoms with E-state index in [1.54, 1.807) is 11.6 Å². The summed E-state index contributed by atoms with van der Waals surface area (Å²) in [6.45, 7) is 2.26. The number of aryl methyl sites for hydroxylation is 1. The highest BCUT2D eigenvalue weighted by atomic mass is 16.5. The highest BCUT2D eigenvalue weighted by molar-refractivity contribution is 5.79. The first-order chi connectivity index (χ1) is 11.1. The lowest BCUT2D eigenvalue weighted by atomic mass is 10.1. The first kappa shape index (κ1) is 15.7. The van der Waals surface area contributed by atoms with Crippen molar-refractivity contribution >= 4 is 16.8 Å². The lowest BCUT2D eigenvalue weighted by Gasteiger charge is -2.34. The van der Waals surface area contributed by atoms with Crippen LogP contribution < -0.4 is 11.3 Å². The van der Waals surface area contributed by atoms with Crippen molar-refractivity contribution in [2.45, 2.75) is 19.0 Å². The molecule has 1 saturated heterocycles. The van der Waals surface area contributed by atoms with Crippen LogP contribution in [0.1, 0.15) is 12.0 Å². The molecule has 2 N–H and O–H groups in total. The molecule has 0 bridgehead atoms. The van der Waals surface area contributed by atoms with Crippen LogP contribution in [0.15, 0.2) is 35.1 Å². The largest absolute Gasteiger partial charge is 0.378 e. The number of para-hydroxylation sites is 1. The fraction of sp³-hybridized carbons (Fsp3) is 0.412. The topological polar surface area (TPSA) is 77.6 Å². The van der Waals surface area contributed by atoms with Crippen molar-refractivity contribution in [1.82, 2.24) is 9.47 Å². The average molecular weight is 315 g/mol. The minimum atomic E-state index is -0.350. The molecule has 1 fully saturated rings. The van der Waals surface area contributed by atoms with E-state index in [0.717, 1.165) is 16.5 Å². The van der Waals surface area contributed by atoms with E-state index in [1.807, 2.05) is 30.3 Å². The van der Waals surface area contributed by atoms with E-state index in [1.165, 1.54) is 0 Å². The van der Waals surface area contributed by atoms with Gasteiger partial charge in [0.1, 0.15) is 0 Å². The van der Waals surface area contributed by atoms with Crippen LogP contribution in [-0.2, 0) is 23.1 Å². The van der Waals surface area contributed by atoms with Gasteiger partial charge in [-0.2, -0.15) is 0 Å². The van der Waals surface area contributed by atoms with E-state index in [-0.39, 0.29) is 23.9 Å². The average Bonchev–Trinajstić information content (AvgIpc) is 2.54. The number of fused-ring (bicyclic) bond motifs is 1. The van der Waals surface area contributed by atoms with E-state index in [2.05, 4.69) is 4.90 Å². The molecule has 2 heterocycles. The number of carbonyl (C=O) groups is 1. The molecule has 1 aliphatic rings. The Bertz CT molecular complexity index is 784. The normalized spacial score (nSPS) is 19.1. The van der Waals surface area contributed by atoms with Gasteiger partial charge in [-0.1, -0.05) is 18.2 Å². The summed E-state index contributed by atoms with van der Waals surface area (Å²) in [7, 11) is 1.79. The Labute approximate surface area is 134 Å². The number of hydrogen-bond donors (Lipinski definition) is 1. The smallest absolute Gasteiger partial charge is 0.255 e. The summed E-state index contributed by atoms with van der Waals surface area (Å²) in [5, 5.41) is 1.03. The molecule has 0 aliphatic carbocycles. The number of pyridine rings is 1. The zero-order valence-corrected chi connectivity index (χ0v) is 13.2. The molecule has 1 unspecified atom stereocenters. The van der Waals surface area contributed by atoms with Gasteiger partial charge in [0.25, 0.3) is 5.56 Å². The monoisotopic (exact) mass is 315 g/mol. The Hall–Kier alpha value is -2.18. The maximum Gasteiger partial charge on any atom is 0.255 e. The molecule has 23 heavy (non-hydrogen) atoms. The molecule has 0 saturated carbocycles. The summed E-state index contributed by atoms with van der Waals surface area (Å²) in [6.07, 6.45) is 0.244. The van der Waals surface area contributed by atoms with Crippen LogP contribution in [0, 0.1) is 0 Å². The number of rotatable bonds is 4. The third-order valence-corrected chi connectivity index (χ3v) is 4.37. The molecule has 1 aromatic carbocycles. The number of amides is 1. The molecule has 122 valence electrons. The number of nitrogens with two attached hydrogens (primary N) is 1. The molecule has 6 heteroatoms. The molecule has 1 atom stereocenters. The molecule has 3 rings (SSSR count). The molecular weight excluding hydrogens is 294 g/mol. The van der Waals surface area contributed by atoms with Crippen molar-refractivity contribution < 1.29 is 9.53 Å². The van der Waals surface area contributed by atoms with Crippen LogP contribution in [-0.4, -0.2) is 41.2 Å². The van der Waals surface area contributed by atoms with Crippen LogP contribution in [0.5, 0.6) is 0 Å². The number of benzene rings is 1. The molecule has 2 aromatic rings. The summed E-state index contributed by atoms with van der Waals surface area (Å²) in [5.74, 6) is -0.350. The molecule has 1 amide bonds. The van der Waals surface area contributed by atoms with Gasteiger partial charge >= 0.3 is 0 Å². The van der Waals surface area contributed by atoms with Gasteiger partial charge < -0.3 is 15.0 Å². The number of nitrogens with zero attached hydrogens (tertiary/aromatic N) is 2.